The summed E-state index contributed by atoms with van der Waals surface area (Å²) in [6, 6.07) is 0. The molecule has 1 unspecified atom stereocenters. The predicted molar refractivity (Wildman–Crippen MR) is 123 cm³/mol. The summed E-state index contributed by atoms with van der Waals surface area (Å²) >= 11 is 0. The van der Waals surface area contributed by atoms with E-state index in [-0.39, 0.29) is 0 Å². The molecule has 4 rings (SSSR count). The summed E-state index contributed by atoms with van der Waals surface area (Å²) in [4.78, 5) is 12.1. The maximum atomic E-state index is 12.1. The predicted octanol–water partition coefficient (Wildman–Crippen LogP) is 7.92. The van der Waals surface area contributed by atoms with Crippen molar-refractivity contribution in [3.8, 4) is 0 Å². The summed E-state index contributed by atoms with van der Waals surface area (Å²) in [6.45, 7) is 15.1. The van der Waals surface area contributed by atoms with Crippen molar-refractivity contribution in [1.82, 2.24) is 0 Å². The highest BCUT2D eigenvalue weighted by molar-refractivity contribution is 5.79. The maximum absolute atomic E-state index is 12.1. The number of ketones is 1. The Kier molecular flexibility index (Phi) is 6.02. The molecular weight excluding hydrogens is 352 g/mol. The number of carbonyl (C=O) groups is 1. The lowest BCUT2D eigenvalue weighted by atomic mass is 9.44. The summed E-state index contributed by atoms with van der Waals surface area (Å²) in [5.41, 5.74) is 1.06. The first-order valence-electron chi connectivity index (χ1n) is 13.2. The van der Waals surface area contributed by atoms with Gasteiger partial charge in [0.1, 0.15) is 5.78 Å². The number of hydrogen-bond acceptors (Lipinski definition) is 1. The molecular formula is C28H48O. The van der Waals surface area contributed by atoms with Crippen molar-refractivity contribution in [3.05, 3.63) is 0 Å². The van der Waals surface area contributed by atoms with Gasteiger partial charge in [-0.2, -0.15) is 0 Å². The van der Waals surface area contributed by atoms with Crippen LogP contribution in [-0.2, 0) is 4.79 Å². The van der Waals surface area contributed by atoms with Crippen molar-refractivity contribution in [3.63, 3.8) is 0 Å². The van der Waals surface area contributed by atoms with E-state index in [9.17, 15) is 4.79 Å². The van der Waals surface area contributed by atoms with E-state index in [0.717, 1.165) is 54.3 Å². The molecule has 9 atom stereocenters. The molecule has 0 heterocycles. The largest absolute Gasteiger partial charge is 0.300 e. The van der Waals surface area contributed by atoms with Gasteiger partial charge >= 0.3 is 0 Å². The van der Waals surface area contributed by atoms with Crippen LogP contribution in [0.25, 0.3) is 0 Å². The minimum Gasteiger partial charge on any atom is -0.300 e. The number of fused-ring (bicyclic) bond motifs is 5. The Morgan fingerprint density at radius 1 is 0.862 bits per heavy atom. The van der Waals surface area contributed by atoms with Gasteiger partial charge in [0.15, 0.2) is 0 Å². The summed E-state index contributed by atoms with van der Waals surface area (Å²) in [5.74, 6) is 7.60. The Morgan fingerprint density at radius 2 is 1.59 bits per heavy atom. The zero-order valence-corrected chi connectivity index (χ0v) is 20.3. The summed E-state index contributed by atoms with van der Waals surface area (Å²) in [7, 11) is 0. The second-order valence-electron chi connectivity index (χ2n) is 12.9. The van der Waals surface area contributed by atoms with E-state index in [1.165, 1.54) is 57.8 Å². The molecule has 29 heavy (non-hydrogen) atoms. The SMILES string of the molecule is CC(C)C(C)CC[C@@H](C)[C@H]1CC[C@H]2[C@@H]3CC[C@H]4CC(=O)CC[C@]4(C)[C@H]3CC[C@]12C. The van der Waals surface area contributed by atoms with Crippen LogP contribution >= 0.6 is 0 Å². The Balaban J connectivity index is 1.46. The van der Waals surface area contributed by atoms with Gasteiger partial charge in [-0.15, -0.1) is 0 Å². The molecule has 166 valence electrons. The lowest BCUT2D eigenvalue weighted by Crippen LogP contribution is -2.53. The van der Waals surface area contributed by atoms with Crippen LogP contribution < -0.4 is 0 Å². The minimum atomic E-state index is 0.467. The lowest BCUT2D eigenvalue weighted by Gasteiger charge is -2.60. The summed E-state index contributed by atoms with van der Waals surface area (Å²) in [6.07, 6.45) is 14.4. The first kappa shape index (κ1) is 21.9. The van der Waals surface area contributed by atoms with E-state index < -0.39 is 0 Å². The van der Waals surface area contributed by atoms with Crippen molar-refractivity contribution >= 4 is 5.78 Å². The molecule has 0 saturated heterocycles. The van der Waals surface area contributed by atoms with Gasteiger partial charge in [0.05, 0.1) is 0 Å². The third-order valence-electron chi connectivity index (χ3n) is 11.5. The monoisotopic (exact) mass is 400 g/mol. The van der Waals surface area contributed by atoms with Gasteiger partial charge in [0.25, 0.3) is 0 Å². The van der Waals surface area contributed by atoms with Crippen molar-refractivity contribution in [2.45, 2.75) is 112 Å². The molecule has 0 radical (unpaired) electrons. The molecule has 4 aliphatic carbocycles. The van der Waals surface area contributed by atoms with E-state index in [0.29, 0.717) is 22.5 Å². The van der Waals surface area contributed by atoms with Crippen molar-refractivity contribution in [1.29, 1.82) is 0 Å². The first-order valence-corrected chi connectivity index (χ1v) is 13.2. The Labute approximate surface area is 181 Å². The normalized spacial score (nSPS) is 46.7. The zero-order chi connectivity index (χ0) is 21.0. The smallest absolute Gasteiger partial charge is 0.133 e. The molecule has 0 aromatic heterocycles. The fraction of sp³-hybridized carbons (Fsp3) is 0.964. The maximum Gasteiger partial charge on any atom is 0.133 e. The van der Waals surface area contributed by atoms with E-state index >= 15 is 0 Å². The second kappa shape index (κ2) is 7.98. The van der Waals surface area contributed by atoms with Crippen LogP contribution in [-0.4, -0.2) is 5.78 Å². The van der Waals surface area contributed by atoms with Crippen molar-refractivity contribution < 1.29 is 4.79 Å². The molecule has 0 N–H and O–H groups in total. The number of hydrogen-bond donors (Lipinski definition) is 0. The van der Waals surface area contributed by atoms with Crippen LogP contribution in [0.3, 0.4) is 0 Å². The molecule has 4 fully saturated rings. The second-order valence-corrected chi connectivity index (χ2v) is 12.9. The molecule has 0 spiro atoms. The summed E-state index contributed by atoms with van der Waals surface area (Å²) < 4.78 is 0. The molecule has 1 heteroatoms. The van der Waals surface area contributed by atoms with Crippen LogP contribution in [0.15, 0.2) is 0 Å². The average molecular weight is 401 g/mol. The Hall–Kier alpha value is -0.330. The van der Waals surface area contributed by atoms with Gasteiger partial charge in [-0.1, -0.05) is 54.4 Å². The highest BCUT2D eigenvalue weighted by Gasteiger charge is 2.60. The standard InChI is InChI=1S/C28H48O/c1-18(2)19(3)7-8-20(4)24-11-12-25-23-10-9-21-17-22(29)13-15-27(21,5)26(23)14-16-28(24,25)6/h18-21,23-26H,7-17H2,1-6H3/t19?,20-,21+,23+,24-,25+,26+,27+,28-/m1/s1. The van der Waals surface area contributed by atoms with Gasteiger partial charge in [-0.05, 0) is 103 Å². The van der Waals surface area contributed by atoms with Crippen molar-refractivity contribution in [2.75, 3.05) is 0 Å². The van der Waals surface area contributed by atoms with Gasteiger partial charge in [0.2, 0.25) is 0 Å². The van der Waals surface area contributed by atoms with Crippen LogP contribution in [0, 0.1) is 58.2 Å². The molecule has 0 aromatic carbocycles. The van der Waals surface area contributed by atoms with E-state index in [1.54, 1.807) is 0 Å². The highest BCUT2D eigenvalue weighted by atomic mass is 16.1. The minimum absolute atomic E-state index is 0.467. The first-order chi connectivity index (χ1) is 13.7. The Bertz CT molecular complexity index is 607. The van der Waals surface area contributed by atoms with Gasteiger partial charge in [0, 0.05) is 12.8 Å². The molecule has 0 aromatic rings. The van der Waals surface area contributed by atoms with Crippen LogP contribution in [0.5, 0.6) is 0 Å². The average Bonchev–Trinajstić information content (AvgIpc) is 3.03. The molecule has 0 bridgehead atoms. The van der Waals surface area contributed by atoms with Crippen LogP contribution in [0.4, 0.5) is 0 Å². The van der Waals surface area contributed by atoms with E-state index in [2.05, 4.69) is 41.5 Å². The topological polar surface area (TPSA) is 17.1 Å². The molecule has 0 aliphatic heterocycles. The van der Waals surface area contributed by atoms with Crippen LogP contribution in [0.2, 0.25) is 0 Å². The van der Waals surface area contributed by atoms with Crippen LogP contribution in [0.1, 0.15) is 112 Å². The number of Topliss-reactive ketones (excluding diaryl/α,β-unsaturated/α-hetero) is 1. The fourth-order valence-electron chi connectivity index (χ4n) is 9.08. The zero-order valence-electron chi connectivity index (χ0n) is 20.3. The van der Waals surface area contributed by atoms with Gasteiger partial charge < -0.3 is 0 Å². The van der Waals surface area contributed by atoms with Gasteiger partial charge in [-0.3, -0.25) is 4.79 Å². The van der Waals surface area contributed by atoms with E-state index in [1.807, 2.05) is 0 Å². The molecule has 1 nitrogen and oxygen atoms in total. The Morgan fingerprint density at radius 3 is 2.31 bits per heavy atom. The third-order valence-corrected chi connectivity index (χ3v) is 11.5. The molecule has 0 amide bonds. The fourth-order valence-corrected chi connectivity index (χ4v) is 9.08. The summed E-state index contributed by atoms with van der Waals surface area (Å²) in [5, 5.41) is 0. The third kappa shape index (κ3) is 3.65. The van der Waals surface area contributed by atoms with Crippen molar-refractivity contribution in [2.24, 2.45) is 58.2 Å². The lowest BCUT2D eigenvalue weighted by molar-refractivity contribution is -0.140. The molecule has 4 aliphatic rings. The number of carbonyl (C=O) groups excluding carboxylic acids is 1. The van der Waals surface area contributed by atoms with E-state index in [4.69, 9.17) is 0 Å². The molecule has 4 saturated carbocycles. The van der Waals surface area contributed by atoms with Gasteiger partial charge in [-0.25, -0.2) is 0 Å². The number of rotatable bonds is 5. The highest BCUT2D eigenvalue weighted by Crippen LogP contribution is 2.68. The quantitative estimate of drug-likeness (QED) is 0.458.